The maximum Gasteiger partial charge on any atom is 0.337 e. The number of carbonyl (C=O) groups excluding carboxylic acids is 1. The van der Waals surface area contributed by atoms with Gasteiger partial charge in [0.25, 0.3) is 0 Å². The molecule has 0 fully saturated rings. The number of methoxy groups -OCH3 is 2. The van der Waals surface area contributed by atoms with E-state index < -0.39 is 5.97 Å². The van der Waals surface area contributed by atoms with Crippen LogP contribution in [0.5, 0.6) is 11.5 Å². The number of rotatable bonds is 9. The summed E-state index contributed by atoms with van der Waals surface area (Å²) in [6, 6.07) is 17.2. The molecule has 2 heterocycles. The Balaban J connectivity index is 0.000000568. The molecule has 0 aliphatic rings. The molecule has 0 spiro atoms. The standard InChI is InChI=1S/C24H22N2O4S.C4H9NO/c1-15-20(24(27)28)12-22(26(15)13-16-4-8-18(29-2)9-5-16)21-14-31-23(25-21)17-6-10-19(30-3)11-7-17;1-2-3-4(5)6/h4-12,14H,13H2,1-3H3,(H,27,28);2-3H2,1H3,(H2,5,6). The van der Waals surface area contributed by atoms with Crippen LogP contribution in [-0.2, 0) is 11.3 Å². The predicted octanol–water partition coefficient (Wildman–Crippen LogP) is 5.62. The summed E-state index contributed by atoms with van der Waals surface area (Å²) in [6.07, 6.45) is 1.37. The van der Waals surface area contributed by atoms with E-state index in [1.807, 2.05) is 72.3 Å². The average molecular weight is 522 g/mol. The smallest absolute Gasteiger partial charge is 0.337 e. The van der Waals surface area contributed by atoms with Crippen LogP contribution in [0, 0.1) is 6.92 Å². The van der Waals surface area contributed by atoms with Gasteiger partial charge in [-0.1, -0.05) is 19.1 Å². The van der Waals surface area contributed by atoms with Crippen molar-refractivity contribution in [3.8, 4) is 33.5 Å². The van der Waals surface area contributed by atoms with Crippen molar-refractivity contribution in [3.05, 3.63) is 76.8 Å². The summed E-state index contributed by atoms with van der Waals surface area (Å²) in [5.41, 5.74) is 9.30. The van der Waals surface area contributed by atoms with Crippen molar-refractivity contribution in [2.75, 3.05) is 14.2 Å². The van der Waals surface area contributed by atoms with E-state index in [0.717, 1.165) is 45.4 Å². The second-order valence-corrected chi connectivity index (χ2v) is 9.11. The summed E-state index contributed by atoms with van der Waals surface area (Å²) < 4.78 is 12.4. The fraction of sp³-hybridized carbons (Fsp3) is 0.250. The van der Waals surface area contributed by atoms with E-state index in [2.05, 4.69) is 0 Å². The van der Waals surface area contributed by atoms with E-state index >= 15 is 0 Å². The van der Waals surface area contributed by atoms with Gasteiger partial charge in [0.15, 0.2) is 0 Å². The number of aromatic nitrogens is 2. The number of hydrogen-bond acceptors (Lipinski definition) is 6. The Kier molecular flexibility index (Phi) is 9.45. The van der Waals surface area contributed by atoms with E-state index in [1.165, 1.54) is 11.3 Å². The normalized spacial score (nSPS) is 10.4. The second-order valence-electron chi connectivity index (χ2n) is 8.25. The summed E-state index contributed by atoms with van der Waals surface area (Å²) in [7, 11) is 3.26. The molecule has 0 radical (unpaired) electrons. The number of carbonyl (C=O) groups is 2. The minimum Gasteiger partial charge on any atom is -0.497 e. The maximum absolute atomic E-state index is 11.8. The first kappa shape index (κ1) is 27.5. The lowest BCUT2D eigenvalue weighted by Crippen LogP contribution is -2.08. The van der Waals surface area contributed by atoms with Crippen molar-refractivity contribution in [1.82, 2.24) is 9.55 Å². The summed E-state index contributed by atoms with van der Waals surface area (Å²) in [5, 5.41) is 12.5. The minimum atomic E-state index is -0.946. The molecule has 194 valence electrons. The predicted molar refractivity (Wildman–Crippen MR) is 145 cm³/mol. The largest absolute Gasteiger partial charge is 0.497 e. The third-order valence-electron chi connectivity index (χ3n) is 5.70. The molecule has 2 aromatic carbocycles. The Bertz CT molecular complexity index is 1340. The minimum absolute atomic E-state index is 0.211. The number of carboxylic acids is 1. The molecule has 0 aliphatic heterocycles. The molecule has 0 atom stereocenters. The van der Waals surface area contributed by atoms with Gasteiger partial charge in [0.1, 0.15) is 16.5 Å². The second kappa shape index (κ2) is 12.7. The van der Waals surface area contributed by atoms with Gasteiger partial charge in [0.2, 0.25) is 5.91 Å². The van der Waals surface area contributed by atoms with Crippen LogP contribution >= 0.6 is 11.3 Å². The molecule has 1 amide bonds. The Labute approximate surface area is 220 Å². The number of nitrogens with zero attached hydrogens (tertiary/aromatic N) is 2. The molecule has 9 heteroatoms. The lowest BCUT2D eigenvalue weighted by atomic mass is 10.2. The molecule has 4 rings (SSSR count). The number of thiazole rings is 1. The quantitative estimate of drug-likeness (QED) is 0.295. The average Bonchev–Trinajstić information content (AvgIpc) is 3.50. The number of aromatic carboxylic acids is 1. The molecule has 0 saturated heterocycles. The highest BCUT2D eigenvalue weighted by molar-refractivity contribution is 7.13. The molecule has 4 aromatic rings. The van der Waals surface area contributed by atoms with E-state index in [1.54, 1.807) is 20.3 Å². The monoisotopic (exact) mass is 521 g/mol. The zero-order chi connectivity index (χ0) is 26.9. The van der Waals surface area contributed by atoms with Gasteiger partial charge in [-0.15, -0.1) is 11.3 Å². The molecule has 37 heavy (non-hydrogen) atoms. The van der Waals surface area contributed by atoms with Crippen LogP contribution < -0.4 is 15.2 Å². The molecule has 3 N–H and O–H groups in total. The zero-order valence-electron chi connectivity index (χ0n) is 21.4. The maximum atomic E-state index is 11.8. The lowest BCUT2D eigenvalue weighted by Gasteiger charge is -2.11. The number of nitrogens with two attached hydrogens (primary N) is 1. The number of amides is 1. The number of hydrogen-bond donors (Lipinski definition) is 2. The highest BCUT2D eigenvalue weighted by Crippen LogP contribution is 2.32. The van der Waals surface area contributed by atoms with Gasteiger partial charge in [-0.2, -0.15) is 0 Å². The Hall–Kier alpha value is -4.11. The van der Waals surface area contributed by atoms with Crippen LogP contribution in [0.3, 0.4) is 0 Å². The zero-order valence-corrected chi connectivity index (χ0v) is 22.2. The molecule has 8 nitrogen and oxygen atoms in total. The van der Waals surface area contributed by atoms with Gasteiger partial charge in [-0.25, -0.2) is 9.78 Å². The van der Waals surface area contributed by atoms with Gasteiger partial charge in [0.05, 0.1) is 31.2 Å². The Morgan fingerprint density at radius 3 is 2.11 bits per heavy atom. The van der Waals surface area contributed by atoms with Gasteiger partial charge in [-0.3, -0.25) is 4.79 Å². The van der Waals surface area contributed by atoms with Crippen LogP contribution in [-0.4, -0.2) is 40.8 Å². The number of primary amides is 1. The Morgan fingerprint density at radius 1 is 1.03 bits per heavy atom. The van der Waals surface area contributed by atoms with Gasteiger partial charge in [-0.05, 0) is 61.4 Å². The molecular formula is C28H31N3O5S. The highest BCUT2D eigenvalue weighted by Gasteiger charge is 2.20. The van der Waals surface area contributed by atoms with Gasteiger partial charge in [0, 0.05) is 29.6 Å². The number of ether oxygens (including phenoxy) is 2. The highest BCUT2D eigenvalue weighted by atomic mass is 32.1. The van der Waals surface area contributed by atoms with E-state index in [9.17, 15) is 14.7 Å². The third-order valence-corrected chi connectivity index (χ3v) is 6.59. The molecule has 0 saturated carbocycles. The van der Waals surface area contributed by atoms with Crippen LogP contribution in [0.1, 0.15) is 41.4 Å². The SMILES string of the molecule is CCCC(N)=O.COc1ccc(Cn2c(-c3csc(-c4ccc(OC)cc4)n3)cc(C(=O)O)c2C)cc1. The van der Waals surface area contributed by atoms with E-state index in [0.29, 0.717) is 18.7 Å². The lowest BCUT2D eigenvalue weighted by molar-refractivity contribution is -0.118. The van der Waals surface area contributed by atoms with E-state index in [-0.39, 0.29) is 11.5 Å². The molecular weight excluding hydrogens is 490 g/mol. The first-order valence-electron chi connectivity index (χ1n) is 11.7. The van der Waals surface area contributed by atoms with Gasteiger partial charge >= 0.3 is 5.97 Å². The summed E-state index contributed by atoms with van der Waals surface area (Å²) in [6.45, 7) is 4.28. The summed E-state index contributed by atoms with van der Waals surface area (Å²) >= 11 is 1.53. The van der Waals surface area contributed by atoms with Crippen molar-refractivity contribution in [2.45, 2.75) is 33.2 Å². The summed E-state index contributed by atoms with van der Waals surface area (Å²) in [4.78, 5) is 26.4. The molecule has 0 aliphatic carbocycles. The van der Waals surface area contributed by atoms with Crippen molar-refractivity contribution >= 4 is 23.2 Å². The van der Waals surface area contributed by atoms with Crippen molar-refractivity contribution in [1.29, 1.82) is 0 Å². The topological polar surface area (TPSA) is 117 Å². The molecule has 2 aromatic heterocycles. The van der Waals surface area contributed by atoms with Crippen LogP contribution in [0.15, 0.2) is 60.0 Å². The van der Waals surface area contributed by atoms with Crippen molar-refractivity contribution < 1.29 is 24.2 Å². The van der Waals surface area contributed by atoms with Crippen molar-refractivity contribution in [3.63, 3.8) is 0 Å². The fourth-order valence-corrected chi connectivity index (χ4v) is 4.52. The summed E-state index contributed by atoms with van der Waals surface area (Å²) in [5.74, 6) is 0.411. The first-order valence-corrected chi connectivity index (χ1v) is 12.6. The van der Waals surface area contributed by atoms with Crippen LogP contribution in [0.2, 0.25) is 0 Å². The van der Waals surface area contributed by atoms with Crippen molar-refractivity contribution in [2.24, 2.45) is 5.73 Å². The molecule has 0 unspecified atom stereocenters. The van der Waals surface area contributed by atoms with Crippen LogP contribution in [0.4, 0.5) is 0 Å². The third kappa shape index (κ3) is 6.98. The van der Waals surface area contributed by atoms with Crippen LogP contribution in [0.25, 0.3) is 22.0 Å². The number of benzene rings is 2. The van der Waals surface area contributed by atoms with Gasteiger partial charge < -0.3 is 24.9 Å². The Morgan fingerprint density at radius 2 is 1.62 bits per heavy atom. The van der Waals surface area contributed by atoms with E-state index in [4.69, 9.17) is 20.2 Å². The fourth-order valence-electron chi connectivity index (χ4n) is 3.70. The number of carboxylic acid groups (broad SMARTS) is 1. The molecule has 0 bridgehead atoms. The first-order chi connectivity index (χ1) is 17.8.